The molecule has 0 bridgehead atoms. The summed E-state index contributed by atoms with van der Waals surface area (Å²) < 4.78 is 0. The van der Waals surface area contributed by atoms with Crippen molar-refractivity contribution in [1.29, 1.82) is 5.26 Å². The van der Waals surface area contributed by atoms with Gasteiger partial charge in [-0.05, 0) is 36.1 Å². The fraction of sp³-hybridized carbons (Fsp3) is 0.211. The number of nitriles is 1. The first-order valence-electron chi connectivity index (χ1n) is 6.87. The van der Waals surface area contributed by atoms with Crippen LogP contribution in [0.1, 0.15) is 29.5 Å². The molecule has 0 amide bonds. The van der Waals surface area contributed by atoms with Crippen molar-refractivity contribution in [1.82, 2.24) is 0 Å². The van der Waals surface area contributed by atoms with Gasteiger partial charge in [-0.25, -0.2) is 0 Å². The largest absolute Gasteiger partial charge is 0.198 e. The molecule has 0 aliphatic rings. The molecule has 0 spiro atoms. The van der Waals surface area contributed by atoms with Crippen molar-refractivity contribution in [3.05, 3.63) is 71.3 Å². The van der Waals surface area contributed by atoms with Crippen molar-refractivity contribution < 1.29 is 0 Å². The SMILES string of the molecule is N#CCc1ccc(C#CCCCc2ccccc2)cc1. The lowest BCUT2D eigenvalue weighted by Gasteiger charge is -1.97. The van der Waals surface area contributed by atoms with Gasteiger partial charge in [-0.3, -0.25) is 0 Å². The minimum absolute atomic E-state index is 0.463. The monoisotopic (exact) mass is 259 g/mol. The van der Waals surface area contributed by atoms with Crippen molar-refractivity contribution in [2.24, 2.45) is 0 Å². The van der Waals surface area contributed by atoms with Crippen LogP contribution in [-0.4, -0.2) is 0 Å². The van der Waals surface area contributed by atoms with Gasteiger partial charge in [0, 0.05) is 12.0 Å². The summed E-state index contributed by atoms with van der Waals surface area (Å²) in [6.45, 7) is 0. The zero-order valence-electron chi connectivity index (χ0n) is 11.5. The zero-order chi connectivity index (χ0) is 14.0. The molecular formula is C19H17N. The van der Waals surface area contributed by atoms with Crippen LogP contribution < -0.4 is 0 Å². The van der Waals surface area contributed by atoms with Crippen LogP contribution in [0, 0.1) is 23.2 Å². The Kier molecular flexibility index (Phi) is 5.44. The van der Waals surface area contributed by atoms with E-state index in [-0.39, 0.29) is 0 Å². The minimum atomic E-state index is 0.463. The molecule has 98 valence electrons. The normalized spacial score (nSPS) is 9.35. The Hall–Kier alpha value is -2.51. The van der Waals surface area contributed by atoms with Crippen molar-refractivity contribution in [3.63, 3.8) is 0 Å². The maximum Gasteiger partial charge on any atom is 0.0669 e. The Bertz CT molecular complexity index is 621. The number of hydrogen-bond acceptors (Lipinski definition) is 1. The van der Waals surface area contributed by atoms with Gasteiger partial charge in [-0.15, -0.1) is 0 Å². The molecule has 0 heterocycles. The third kappa shape index (κ3) is 4.63. The molecule has 0 unspecified atom stereocenters. The number of nitrogens with zero attached hydrogens (tertiary/aromatic N) is 1. The van der Waals surface area contributed by atoms with E-state index in [4.69, 9.17) is 5.26 Å². The Morgan fingerprint density at radius 3 is 2.30 bits per heavy atom. The molecular weight excluding hydrogens is 242 g/mol. The number of hydrogen-bond donors (Lipinski definition) is 0. The maximum atomic E-state index is 8.61. The Balaban J connectivity index is 1.78. The summed E-state index contributed by atoms with van der Waals surface area (Å²) in [6.07, 6.45) is 3.54. The lowest BCUT2D eigenvalue weighted by molar-refractivity contribution is 0.858. The van der Waals surface area contributed by atoms with E-state index in [1.54, 1.807) is 0 Å². The van der Waals surface area contributed by atoms with E-state index in [0.717, 1.165) is 30.4 Å². The van der Waals surface area contributed by atoms with Crippen molar-refractivity contribution >= 4 is 0 Å². The van der Waals surface area contributed by atoms with Gasteiger partial charge in [0.05, 0.1) is 12.5 Å². The second-order valence-corrected chi connectivity index (χ2v) is 4.67. The molecule has 2 aromatic carbocycles. The van der Waals surface area contributed by atoms with Crippen LogP contribution in [0.15, 0.2) is 54.6 Å². The molecule has 0 saturated carbocycles. The quantitative estimate of drug-likeness (QED) is 0.598. The van der Waals surface area contributed by atoms with E-state index in [1.165, 1.54) is 5.56 Å². The molecule has 0 aliphatic heterocycles. The van der Waals surface area contributed by atoms with Crippen LogP contribution in [-0.2, 0) is 12.8 Å². The third-order valence-corrected chi connectivity index (χ3v) is 3.08. The Labute approximate surface area is 120 Å². The second-order valence-electron chi connectivity index (χ2n) is 4.67. The highest BCUT2D eigenvalue weighted by molar-refractivity contribution is 5.36. The van der Waals surface area contributed by atoms with E-state index in [0.29, 0.717) is 6.42 Å². The van der Waals surface area contributed by atoms with E-state index in [1.807, 2.05) is 30.3 Å². The average Bonchev–Trinajstić information content (AvgIpc) is 2.50. The summed E-state index contributed by atoms with van der Waals surface area (Å²) in [6, 6.07) is 20.5. The van der Waals surface area contributed by atoms with Crippen LogP contribution in [0.3, 0.4) is 0 Å². The van der Waals surface area contributed by atoms with Crippen LogP contribution in [0.4, 0.5) is 0 Å². The predicted octanol–water partition coefficient (Wildman–Crippen LogP) is 4.13. The summed E-state index contributed by atoms with van der Waals surface area (Å²) in [5, 5.41) is 8.61. The van der Waals surface area contributed by atoms with Gasteiger partial charge < -0.3 is 0 Å². The average molecular weight is 259 g/mol. The van der Waals surface area contributed by atoms with Crippen molar-refractivity contribution in [3.8, 4) is 17.9 Å². The van der Waals surface area contributed by atoms with Gasteiger partial charge in [0.2, 0.25) is 0 Å². The fourth-order valence-corrected chi connectivity index (χ4v) is 1.99. The summed E-state index contributed by atoms with van der Waals surface area (Å²) in [4.78, 5) is 0. The molecule has 2 rings (SSSR count). The van der Waals surface area contributed by atoms with Gasteiger partial charge in [-0.2, -0.15) is 5.26 Å². The van der Waals surface area contributed by atoms with Crippen LogP contribution >= 0.6 is 0 Å². The lowest BCUT2D eigenvalue weighted by atomic mass is 10.1. The Morgan fingerprint density at radius 1 is 0.850 bits per heavy atom. The molecule has 0 aromatic heterocycles. The maximum absolute atomic E-state index is 8.61. The number of rotatable bonds is 4. The molecule has 0 saturated heterocycles. The van der Waals surface area contributed by atoms with Crippen LogP contribution in [0.2, 0.25) is 0 Å². The summed E-state index contributed by atoms with van der Waals surface area (Å²) in [5.41, 5.74) is 3.43. The van der Waals surface area contributed by atoms with E-state index >= 15 is 0 Å². The lowest BCUT2D eigenvalue weighted by Crippen LogP contribution is -1.84. The highest BCUT2D eigenvalue weighted by Crippen LogP contribution is 2.05. The fourth-order valence-electron chi connectivity index (χ4n) is 1.99. The highest BCUT2D eigenvalue weighted by atomic mass is 14.2. The molecule has 0 atom stereocenters. The van der Waals surface area contributed by atoms with Crippen molar-refractivity contribution in [2.75, 3.05) is 0 Å². The number of unbranched alkanes of at least 4 members (excludes halogenated alkanes) is 1. The first-order valence-corrected chi connectivity index (χ1v) is 6.87. The van der Waals surface area contributed by atoms with Crippen molar-refractivity contribution in [2.45, 2.75) is 25.7 Å². The topological polar surface area (TPSA) is 23.8 Å². The molecule has 0 aliphatic carbocycles. The Morgan fingerprint density at radius 2 is 1.60 bits per heavy atom. The smallest absolute Gasteiger partial charge is 0.0669 e. The van der Waals surface area contributed by atoms with Gasteiger partial charge in [0.1, 0.15) is 0 Å². The first-order chi connectivity index (χ1) is 9.88. The van der Waals surface area contributed by atoms with Gasteiger partial charge in [0.15, 0.2) is 0 Å². The number of aryl methyl sites for hydroxylation is 1. The third-order valence-electron chi connectivity index (χ3n) is 3.08. The summed E-state index contributed by atoms with van der Waals surface area (Å²) in [5.74, 6) is 6.38. The van der Waals surface area contributed by atoms with Gasteiger partial charge in [0.25, 0.3) is 0 Å². The molecule has 2 aromatic rings. The summed E-state index contributed by atoms with van der Waals surface area (Å²) >= 11 is 0. The standard InChI is InChI=1S/C19H17N/c20-16-15-19-13-11-18(12-14-19)10-6-2-5-9-17-7-3-1-4-8-17/h1,3-4,7-8,11-14H,2,5,9,15H2. The van der Waals surface area contributed by atoms with E-state index in [2.05, 4.69) is 42.2 Å². The zero-order valence-corrected chi connectivity index (χ0v) is 11.5. The van der Waals surface area contributed by atoms with Gasteiger partial charge in [-0.1, -0.05) is 54.3 Å². The summed E-state index contributed by atoms with van der Waals surface area (Å²) in [7, 11) is 0. The predicted molar refractivity (Wildman–Crippen MR) is 82.0 cm³/mol. The highest BCUT2D eigenvalue weighted by Gasteiger charge is 1.92. The van der Waals surface area contributed by atoms with E-state index < -0.39 is 0 Å². The number of benzene rings is 2. The molecule has 20 heavy (non-hydrogen) atoms. The van der Waals surface area contributed by atoms with Gasteiger partial charge >= 0.3 is 0 Å². The second kappa shape index (κ2) is 7.82. The van der Waals surface area contributed by atoms with Crippen LogP contribution in [0.25, 0.3) is 0 Å². The van der Waals surface area contributed by atoms with Crippen LogP contribution in [0.5, 0.6) is 0 Å². The molecule has 0 fully saturated rings. The molecule has 0 N–H and O–H groups in total. The first kappa shape index (κ1) is 13.9. The molecule has 0 radical (unpaired) electrons. The van der Waals surface area contributed by atoms with E-state index in [9.17, 15) is 0 Å². The minimum Gasteiger partial charge on any atom is -0.198 e. The molecule has 1 nitrogen and oxygen atoms in total. The molecule has 1 heteroatoms.